The highest BCUT2D eigenvalue weighted by Gasteiger charge is 2.24. The van der Waals surface area contributed by atoms with E-state index in [1.54, 1.807) is 0 Å². The van der Waals surface area contributed by atoms with Crippen LogP contribution in [0.25, 0.3) is 0 Å². The van der Waals surface area contributed by atoms with Crippen LogP contribution in [-0.4, -0.2) is 5.11 Å². The Hall–Kier alpha value is -0.960. The monoisotopic (exact) mass is 184 g/mol. The lowest BCUT2D eigenvalue weighted by Crippen LogP contribution is -2.13. The van der Waals surface area contributed by atoms with Gasteiger partial charge in [-0.15, -0.1) is 0 Å². The molecule has 3 heteroatoms. The highest BCUT2D eigenvalue weighted by Crippen LogP contribution is 2.32. The number of benzene rings is 1. The van der Waals surface area contributed by atoms with Crippen LogP contribution in [0.1, 0.15) is 30.1 Å². The van der Waals surface area contributed by atoms with Gasteiger partial charge in [-0.2, -0.15) is 0 Å². The molecule has 1 aliphatic carbocycles. The molecule has 1 nitrogen and oxygen atoms in total. The van der Waals surface area contributed by atoms with E-state index < -0.39 is 17.7 Å². The Morgan fingerprint density at radius 1 is 1.23 bits per heavy atom. The Bertz CT molecular complexity index is 336. The summed E-state index contributed by atoms with van der Waals surface area (Å²) in [6.07, 6.45) is 0.928. The maximum absolute atomic E-state index is 13.2. The lowest BCUT2D eigenvalue weighted by atomic mass is 9.89. The van der Waals surface area contributed by atoms with Gasteiger partial charge in [-0.25, -0.2) is 8.78 Å². The number of hydrogen-bond donors (Lipinski definition) is 1. The average molecular weight is 184 g/mol. The van der Waals surface area contributed by atoms with Crippen molar-refractivity contribution in [3.8, 4) is 0 Å². The van der Waals surface area contributed by atoms with Crippen molar-refractivity contribution in [3.05, 3.63) is 34.9 Å². The molecule has 1 N–H and O–H groups in total. The largest absolute Gasteiger partial charge is 0.388 e. The molecule has 0 aliphatic heterocycles. The highest BCUT2D eigenvalue weighted by molar-refractivity contribution is 5.33. The predicted octanol–water partition coefficient (Wildman–Crippen LogP) is 2.33. The lowest BCUT2D eigenvalue weighted by Gasteiger charge is -2.21. The second-order valence-corrected chi connectivity index (χ2v) is 3.33. The summed E-state index contributed by atoms with van der Waals surface area (Å²) >= 11 is 0. The van der Waals surface area contributed by atoms with E-state index in [-0.39, 0.29) is 5.56 Å². The molecule has 1 atom stereocenters. The molecule has 1 aliphatic rings. The summed E-state index contributed by atoms with van der Waals surface area (Å²) in [5.41, 5.74) is 0.505. The topological polar surface area (TPSA) is 20.2 Å². The molecule has 13 heavy (non-hydrogen) atoms. The first-order valence-electron chi connectivity index (χ1n) is 4.35. The van der Waals surface area contributed by atoms with Gasteiger partial charge in [-0.1, -0.05) is 0 Å². The van der Waals surface area contributed by atoms with Crippen LogP contribution >= 0.6 is 0 Å². The van der Waals surface area contributed by atoms with Gasteiger partial charge in [0.15, 0.2) is 0 Å². The third-order valence-electron chi connectivity index (χ3n) is 2.48. The normalized spacial score (nSPS) is 21.3. The van der Waals surface area contributed by atoms with Crippen molar-refractivity contribution in [1.29, 1.82) is 0 Å². The third kappa shape index (κ3) is 1.33. The fourth-order valence-corrected chi connectivity index (χ4v) is 1.84. The molecule has 2 rings (SSSR count). The van der Waals surface area contributed by atoms with Crippen molar-refractivity contribution in [1.82, 2.24) is 0 Å². The van der Waals surface area contributed by atoms with E-state index in [1.807, 2.05) is 0 Å². The molecule has 1 aromatic carbocycles. The zero-order valence-corrected chi connectivity index (χ0v) is 7.06. The lowest BCUT2D eigenvalue weighted by molar-refractivity contribution is 0.150. The van der Waals surface area contributed by atoms with E-state index in [4.69, 9.17) is 0 Å². The number of rotatable bonds is 0. The molecule has 70 valence electrons. The van der Waals surface area contributed by atoms with Crippen molar-refractivity contribution in [3.63, 3.8) is 0 Å². The van der Waals surface area contributed by atoms with Gasteiger partial charge in [0.2, 0.25) is 0 Å². The zero-order chi connectivity index (χ0) is 9.42. The highest BCUT2D eigenvalue weighted by atomic mass is 19.1. The summed E-state index contributed by atoms with van der Waals surface area (Å²) < 4.78 is 26.3. The molecule has 0 bridgehead atoms. The van der Waals surface area contributed by atoms with Gasteiger partial charge in [0.25, 0.3) is 0 Å². The van der Waals surface area contributed by atoms with E-state index in [9.17, 15) is 13.9 Å². The molecular weight excluding hydrogens is 174 g/mol. The molecule has 0 saturated carbocycles. The summed E-state index contributed by atoms with van der Waals surface area (Å²) in [7, 11) is 0. The van der Waals surface area contributed by atoms with E-state index >= 15 is 0 Å². The molecule has 0 fully saturated rings. The van der Waals surface area contributed by atoms with Crippen LogP contribution in [0.3, 0.4) is 0 Å². The molecule has 0 heterocycles. The molecule has 0 unspecified atom stereocenters. The number of aliphatic hydroxyl groups is 1. The SMILES string of the molecule is O[C@H]1CCCc2c(F)ccc(F)c21. The van der Waals surface area contributed by atoms with E-state index in [2.05, 4.69) is 0 Å². The Morgan fingerprint density at radius 2 is 1.92 bits per heavy atom. The number of halogens is 2. The predicted molar refractivity (Wildman–Crippen MR) is 44.3 cm³/mol. The van der Waals surface area contributed by atoms with Crippen molar-refractivity contribution < 1.29 is 13.9 Å². The second-order valence-electron chi connectivity index (χ2n) is 3.33. The van der Waals surface area contributed by atoms with Crippen molar-refractivity contribution in [2.45, 2.75) is 25.4 Å². The first-order chi connectivity index (χ1) is 6.20. The van der Waals surface area contributed by atoms with E-state index in [0.29, 0.717) is 24.8 Å². The average Bonchev–Trinajstić information content (AvgIpc) is 2.12. The minimum Gasteiger partial charge on any atom is -0.388 e. The second kappa shape index (κ2) is 3.07. The standard InChI is InChI=1S/C10H10F2O/c11-7-4-5-8(12)10-6(7)2-1-3-9(10)13/h4-5,9,13H,1-3H2/t9-/m0/s1. The molecule has 0 spiro atoms. The van der Waals surface area contributed by atoms with Gasteiger partial charge in [0, 0.05) is 5.56 Å². The van der Waals surface area contributed by atoms with Gasteiger partial charge < -0.3 is 5.11 Å². The fraction of sp³-hybridized carbons (Fsp3) is 0.400. The Kier molecular flexibility index (Phi) is 2.04. The number of hydrogen-bond acceptors (Lipinski definition) is 1. The van der Waals surface area contributed by atoms with Gasteiger partial charge in [0.05, 0.1) is 6.10 Å². The van der Waals surface area contributed by atoms with Crippen LogP contribution in [0.2, 0.25) is 0 Å². The summed E-state index contributed by atoms with van der Waals surface area (Å²) in [6.45, 7) is 0. The first-order valence-corrected chi connectivity index (χ1v) is 4.35. The van der Waals surface area contributed by atoms with Crippen LogP contribution < -0.4 is 0 Å². The fourth-order valence-electron chi connectivity index (χ4n) is 1.84. The smallest absolute Gasteiger partial charge is 0.129 e. The molecular formula is C10H10F2O. The maximum Gasteiger partial charge on any atom is 0.129 e. The third-order valence-corrected chi connectivity index (χ3v) is 2.48. The zero-order valence-electron chi connectivity index (χ0n) is 7.06. The van der Waals surface area contributed by atoms with Gasteiger partial charge >= 0.3 is 0 Å². The van der Waals surface area contributed by atoms with E-state index in [0.717, 1.165) is 12.1 Å². The summed E-state index contributed by atoms with van der Waals surface area (Å²) in [6, 6.07) is 2.19. The van der Waals surface area contributed by atoms with Crippen molar-refractivity contribution in [2.75, 3.05) is 0 Å². The van der Waals surface area contributed by atoms with Gasteiger partial charge in [0.1, 0.15) is 11.6 Å². The Labute approximate surface area is 75.0 Å². The van der Waals surface area contributed by atoms with Crippen LogP contribution in [0.4, 0.5) is 8.78 Å². The Balaban J connectivity index is 2.60. The molecule has 0 amide bonds. The van der Waals surface area contributed by atoms with Crippen molar-refractivity contribution in [2.24, 2.45) is 0 Å². The van der Waals surface area contributed by atoms with Crippen LogP contribution in [0.15, 0.2) is 12.1 Å². The van der Waals surface area contributed by atoms with Crippen LogP contribution in [-0.2, 0) is 6.42 Å². The minimum absolute atomic E-state index is 0.159. The summed E-state index contributed by atoms with van der Waals surface area (Å²) in [5.74, 6) is -0.904. The maximum atomic E-state index is 13.2. The number of aliphatic hydroxyl groups excluding tert-OH is 1. The first kappa shape index (κ1) is 8.63. The number of fused-ring (bicyclic) bond motifs is 1. The summed E-state index contributed by atoms with van der Waals surface area (Å²) in [4.78, 5) is 0. The molecule has 0 radical (unpaired) electrons. The molecule has 1 aromatic rings. The van der Waals surface area contributed by atoms with Gasteiger partial charge in [-0.05, 0) is 37.0 Å². The van der Waals surface area contributed by atoms with Crippen LogP contribution in [0.5, 0.6) is 0 Å². The van der Waals surface area contributed by atoms with Crippen molar-refractivity contribution >= 4 is 0 Å². The van der Waals surface area contributed by atoms with E-state index in [1.165, 1.54) is 0 Å². The quantitative estimate of drug-likeness (QED) is 0.656. The molecule has 0 aromatic heterocycles. The van der Waals surface area contributed by atoms with Gasteiger partial charge in [-0.3, -0.25) is 0 Å². The van der Waals surface area contributed by atoms with Crippen LogP contribution in [0, 0.1) is 11.6 Å². The minimum atomic E-state index is -0.834. The molecule has 0 saturated heterocycles. The summed E-state index contributed by atoms with van der Waals surface area (Å²) in [5, 5.41) is 9.46. The Morgan fingerprint density at radius 3 is 2.62 bits per heavy atom.